The van der Waals surface area contributed by atoms with Crippen molar-refractivity contribution in [3.8, 4) is 0 Å². The lowest BCUT2D eigenvalue weighted by Gasteiger charge is -2.35. The van der Waals surface area contributed by atoms with Crippen LogP contribution >= 0.6 is 0 Å². The predicted molar refractivity (Wildman–Crippen MR) is 43.9 cm³/mol. The molecule has 1 rings (SSSR count). The Kier molecular flexibility index (Phi) is 2.32. The van der Waals surface area contributed by atoms with E-state index in [4.69, 9.17) is 0 Å². The molecule has 0 saturated carbocycles. The summed E-state index contributed by atoms with van der Waals surface area (Å²) < 4.78 is 0. The van der Waals surface area contributed by atoms with Crippen LogP contribution in [-0.2, 0) is 0 Å². The Hall–Kier alpha value is -0.0800. The van der Waals surface area contributed by atoms with E-state index in [1.54, 1.807) is 0 Å². The summed E-state index contributed by atoms with van der Waals surface area (Å²) in [5.41, 5.74) is 0.527. The molecule has 10 heavy (non-hydrogen) atoms. The zero-order valence-electron chi connectivity index (χ0n) is 7.20. The second-order valence-electron chi connectivity index (χ2n) is 3.91. The van der Waals surface area contributed by atoms with Crippen molar-refractivity contribution in [2.75, 3.05) is 13.6 Å². The number of hydrogen-bond acceptors (Lipinski definition) is 2. The minimum Gasteiger partial charge on any atom is -0.305 e. The van der Waals surface area contributed by atoms with Crippen LogP contribution in [-0.4, -0.2) is 19.8 Å². The minimum atomic E-state index is 0.527. The number of rotatable bonds is 1. The standard InChI is InChI=1S/C8H18N2/c1-8(2)4-5-10-7(6-8)9-3/h7,9-10H,4-6H2,1-3H3. The van der Waals surface area contributed by atoms with E-state index in [0.717, 1.165) is 6.54 Å². The summed E-state index contributed by atoms with van der Waals surface area (Å²) in [4.78, 5) is 0. The van der Waals surface area contributed by atoms with Gasteiger partial charge in [-0.3, -0.25) is 0 Å². The number of hydrogen-bond donors (Lipinski definition) is 2. The van der Waals surface area contributed by atoms with Crippen LogP contribution in [0, 0.1) is 5.41 Å². The molecule has 1 atom stereocenters. The van der Waals surface area contributed by atoms with E-state index in [2.05, 4.69) is 24.5 Å². The first kappa shape index (κ1) is 8.02. The highest BCUT2D eigenvalue weighted by Gasteiger charge is 2.26. The van der Waals surface area contributed by atoms with Crippen LogP contribution in [0.3, 0.4) is 0 Å². The van der Waals surface area contributed by atoms with Crippen LogP contribution in [0.15, 0.2) is 0 Å². The van der Waals surface area contributed by atoms with Crippen molar-refractivity contribution in [1.29, 1.82) is 0 Å². The molecule has 2 nitrogen and oxygen atoms in total. The molecule has 0 aromatic carbocycles. The molecule has 1 saturated heterocycles. The van der Waals surface area contributed by atoms with Crippen molar-refractivity contribution in [3.63, 3.8) is 0 Å². The van der Waals surface area contributed by atoms with E-state index in [0.29, 0.717) is 11.6 Å². The highest BCUT2D eigenvalue weighted by atomic mass is 15.1. The molecule has 1 aliphatic heterocycles. The zero-order valence-corrected chi connectivity index (χ0v) is 7.20. The van der Waals surface area contributed by atoms with Crippen LogP contribution in [0.4, 0.5) is 0 Å². The monoisotopic (exact) mass is 142 g/mol. The van der Waals surface area contributed by atoms with Crippen molar-refractivity contribution in [1.82, 2.24) is 10.6 Å². The van der Waals surface area contributed by atoms with Crippen LogP contribution in [0.25, 0.3) is 0 Å². The molecule has 2 heteroatoms. The van der Waals surface area contributed by atoms with Gasteiger partial charge in [0, 0.05) is 0 Å². The third-order valence-corrected chi connectivity index (χ3v) is 2.30. The average Bonchev–Trinajstić information content (AvgIpc) is 1.86. The summed E-state index contributed by atoms with van der Waals surface area (Å²) in [5, 5.41) is 6.66. The Labute approximate surface area is 63.4 Å². The van der Waals surface area contributed by atoms with Gasteiger partial charge in [0.15, 0.2) is 0 Å². The molecule has 1 unspecified atom stereocenters. The van der Waals surface area contributed by atoms with Gasteiger partial charge in [0.2, 0.25) is 0 Å². The van der Waals surface area contributed by atoms with Crippen LogP contribution in [0.5, 0.6) is 0 Å². The maximum absolute atomic E-state index is 3.41. The average molecular weight is 142 g/mol. The van der Waals surface area contributed by atoms with Crippen molar-refractivity contribution in [2.45, 2.75) is 32.9 Å². The lowest BCUT2D eigenvalue weighted by molar-refractivity contribution is 0.194. The summed E-state index contributed by atoms with van der Waals surface area (Å²) in [6.07, 6.45) is 3.07. The van der Waals surface area contributed by atoms with Gasteiger partial charge in [0.05, 0.1) is 6.17 Å². The summed E-state index contributed by atoms with van der Waals surface area (Å²) in [5.74, 6) is 0. The van der Waals surface area contributed by atoms with Gasteiger partial charge < -0.3 is 10.6 Å². The van der Waals surface area contributed by atoms with Crippen molar-refractivity contribution >= 4 is 0 Å². The lowest BCUT2D eigenvalue weighted by Crippen LogP contribution is -2.48. The molecular formula is C8H18N2. The molecule has 0 radical (unpaired) electrons. The summed E-state index contributed by atoms with van der Waals surface area (Å²) in [7, 11) is 2.01. The lowest BCUT2D eigenvalue weighted by atomic mass is 9.82. The van der Waals surface area contributed by atoms with Crippen molar-refractivity contribution in [2.24, 2.45) is 5.41 Å². The largest absolute Gasteiger partial charge is 0.305 e. The van der Waals surface area contributed by atoms with Gasteiger partial charge in [0.1, 0.15) is 0 Å². The van der Waals surface area contributed by atoms with E-state index in [-0.39, 0.29) is 0 Å². The smallest absolute Gasteiger partial charge is 0.0574 e. The molecule has 0 spiro atoms. The van der Waals surface area contributed by atoms with E-state index in [1.165, 1.54) is 12.8 Å². The predicted octanol–water partition coefficient (Wildman–Crippen LogP) is 0.941. The molecule has 0 aromatic heterocycles. The third-order valence-electron chi connectivity index (χ3n) is 2.30. The van der Waals surface area contributed by atoms with Gasteiger partial charge >= 0.3 is 0 Å². The topological polar surface area (TPSA) is 24.1 Å². The van der Waals surface area contributed by atoms with E-state index in [9.17, 15) is 0 Å². The maximum Gasteiger partial charge on any atom is 0.0574 e. The highest BCUT2D eigenvalue weighted by molar-refractivity contribution is 4.81. The fourth-order valence-electron chi connectivity index (χ4n) is 1.52. The van der Waals surface area contributed by atoms with Crippen LogP contribution in [0.2, 0.25) is 0 Å². The molecule has 60 valence electrons. The first-order valence-corrected chi connectivity index (χ1v) is 4.05. The van der Waals surface area contributed by atoms with Crippen molar-refractivity contribution < 1.29 is 0 Å². The summed E-state index contributed by atoms with van der Waals surface area (Å²) >= 11 is 0. The second kappa shape index (κ2) is 2.89. The molecular weight excluding hydrogens is 124 g/mol. The molecule has 0 amide bonds. The van der Waals surface area contributed by atoms with Crippen LogP contribution in [0.1, 0.15) is 26.7 Å². The Morgan fingerprint density at radius 2 is 2.20 bits per heavy atom. The van der Waals surface area contributed by atoms with E-state index >= 15 is 0 Å². The normalized spacial score (nSPS) is 32.1. The van der Waals surface area contributed by atoms with Crippen LogP contribution < -0.4 is 10.6 Å². The number of piperidine rings is 1. The van der Waals surface area contributed by atoms with Gasteiger partial charge in [-0.1, -0.05) is 13.8 Å². The van der Waals surface area contributed by atoms with Gasteiger partial charge in [-0.15, -0.1) is 0 Å². The molecule has 0 aromatic rings. The summed E-state index contributed by atoms with van der Waals surface area (Å²) in [6.45, 7) is 5.81. The fourth-order valence-corrected chi connectivity index (χ4v) is 1.52. The van der Waals surface area contributed by atoms with Gasteiger partial charge in [-0.2, -0.15) is 0 Å². The van der Waals surface area contributed by atoms with Gasteiger partial charge in [-0.05, 0) is 31.8 Å². The minimum absolute atomic E-state index is 0.527. The van der Waals surface area contributed by atoms with E-state index in [1.807, 2.05) is 7.05 Å². The quantitative estimate of drug-likeness (QED) is 0.569. The SMILES string of the molecule is CNC1CC(C)(C)CCN1. The van der Waals surface area contributed by atoms with Crippen molar-refractivity contribution in [3.05, 3.63) is 0 Å². The second-order valence-corrected chi connectivity index (χ2v) is 3.91. The highest BCUT2D eigenvalue weighted by Crippen LogP contribution is 2.28. The zero-order chi connectivity index (χ0) is 7.61. The molecule has 1 fully saturated rings. The first-order valence-electron chi connectivity index (χ1n) is 4.05. The molecule has 0 aliphatic carbocycles. The van der Waals surface area contributed by atoms with Gasteiger partial charge in [0.25, 0.3) is 0 Å². The molecule has 0 bridgehead atoms. The van der Waals surface area contributed by atoms with E-state index < -0.39 is 0 Å². The number of nitrogens with one attached hydrogen (secondary N) is 2. The fraction of sp³-hybridized carbons (Fsp3) is 1.00. The molecule has 1 aliphatic rings. The molecule has 1 heterocycles. The Balaban J connectivity index is 2.40. The maximum atomic E-state index is 3.41. The Bertz CT molecular complexity index is 110. The Morgan fingerprint density at radius 3 is 2.60 bits per heavy atom. The Morgan fingerprint density at radius 1 is 1.50 bits per heavy atom. The third kappa shape index (κ3) is 1.96. The first-order chi connectivity index (χ1) is 4.64. The summed E-state index contributed by atoms with van der Waals surface area (Å²) in [6, 6.07) is 0. The van der Waals surface area contributed by atoms with Gasteiger partial charge in [-0.25, -0.2) is 0 Å². The molecule has 2 N–H and O–H groups in total.